The van der Waals surface area contributed by atoms with Gasteiger partial charge in [-0.15, -0.1) is 24.8 Å². The van der Waals surface area contributed by atoms with Crippen LogP contribution >= 0.6 is 24.8 Å². The van der Waals surface area contributed by atoms with Crippen LogP contribution in [0, 0.1) is 0 Å². The summed E-state index contributed by atoms with van der Waals surface area (Å²) in [6.45, 7) is 2.12. The molecule has 1 aromatic rings. The summed E-state index contributed by atoms with van der Waals surface area (Å²) in [7, 11) is 1.64. The van der Waals surface area contributed by atoms with Crippen molar-refractivity contribution in [2.75, 3.05) is 25.9 Å². The molecule has 15 heavy (non-hydrogen) atoms. The maximum absolute atomic E-state index is 5.80. The third-order valence-electron chi connectivity index (χ3n) is 2.51. The van der Waals surface area contributed by atoms with Gasteiger partial charge in [-0.2, -0.15) is 0 Å². The summed E-state index contributed by atoms with van der Waals surface area (Å²) in [5.74, 6) is 1.39. The zero-order chi connectivity index (χ0) is 9.26. The highest BCUT2D eigenvalue weighted by molar-refractivity contribution is 5.85. The molecule has 1 fully saturated rings. The lowest BCUT2D eigenvalue weighted by Crippen LogP contribution is -2.39. The van der Waals surface area contributed by atoms with E-state index in [4.69, 9.17) is 10.5 Å². The second kappa shape index (κ2) is 6.05. The van der Waals surface area contributed by atoms with E-state index >= 15 is 0 Å². The molecule has 2 rings (SSSR count). The van der Waals surface area contributed by atoms with Crippen LogP contribution in [0.15, 0.2) is 18.2 Å². The Morgan fingerprint density at radius 3 is 2.40 bits per heavy atom. The number of nitrogen functional groups attached to an aromatic ring is 1. The molecule has 1 aromatic carbocycles. The number of hydrogen-bond donors (Lipinski definition) is 2. The van der Waals surface area contributed by atoms with Gasteiger partial charge in [-0.1, -0.05) is 6.07 Å². The Hall–Kier alpha value is -0.640. The minimum absolute atomic E-state index is 0. The summed E-state index contributed by atoms with van der Waals surface area (Å²) >= 11 is 0. The van der Waals surface area contributed by atoms with E-state index in [0.29, 0.717) is 5.92 Å². The number of ether oxygens (including phenoxy) is 1. The molecule has 1 aliphatic rings. The molecule has 0 aromatic heterocycles. The van der Waals surface area contributed by atoms with Gasteiger partial charge in [-0.3, -0.25) is 0 Å². The zero-order valence-electron chi connectivity index (χ0n) is 8.53. The Balaban J connectivity index is 0.000000980. The molecule has 0 bridgehead atoms. The fourth-order valence-corrected chi connectivity index (χ4v) is 1.53. The summed E-state index contributed by atoms with van der Waals surface area (Å²) in [6, 6.07) is 6.02. The fourth-order valence-electron chi connectivity index (χ4n) is 1.53. The summed E-state index contributed by atoms with van der Waals surface area (Å²) in [4.78, 5) is 0. The monoisotopic (exact) mass is 250 g/mol. The highest BCUT2D eigenvalue weighted by Crippen LogP contribution is 2.27. The zero-order valence-corrected chi connectivity index (χ0v) is 10.2. The minimum atomic E-state index is 0. The van der Waals surface area contributed by atoms with Crippen molar-refractivity contribution < 1.29 is 4.74 Å². The van der Waals surface area contributed by atoms with Crippen LogP contribution in [0.2, 0.25) is 0 Å². The molecule has 0 atom stereocenters. The van der Waals surface area contributed by atoms with E-state index in [0.717, 1.165) is 24.5 Å². The van der Waals surface area contributed by atoms with Crippen molar-refractivity contribution in [1.82, 2.24) is 5.32 Å². The third kappa shape index (κ3) is 2.91. The standard InChI is InChI=1S/C10H14N2O.2ClH/c1-13-10-3-2-7(4-9(10)11)8-5-12-6-8;;/h2-4,8,12H,5-6,11H2,1H3;2*1H. The first kappa shape index (κ1) is 14.4. The van der Waals surface area contributed by atoms with E-state index in [1.807, 2.05) is 12.1 Å². The summed E-state index contributed by atoms with van der Waals surface area (Å²) in [5.41, 5.74) is 7.83. The average Bonchev–Trinajstić information content (AvgIpc) is 2.01. The molecule has 1 aliphatic heterocycles. The van der Waals surface area contributed by atoms with Crippen LogP contribution in [0.4, 0.5) is 5.69 Å². The van der Waals surface area contributed by atoms with E-state index in [9.17, 15) is 0 Å². The van der Waals surface area contributed by atoms with Crippen molar-refractivity contribution >= 4 is 30.5 Å². The van der Waals surface area contributed by atoms with Crippen molar-refractivity contribution in [3.8, 4) is 5.75 Å². The summed E-state index contributed by atoms with van der Waals surface area (Å²) < 4.78 is 5.09. The molecular formula is C10H16Cl2N2O. The molecule has 0 saturated carbocycles. The number of benzene rings is 1. The number of hydrogen-bond acceptors (Lipinski definition) is 3. The molecule has 0 unspecified atom stereocenters. The number of halogens is 2. The molecule has 3 nitrogen and oxygen atoms in total. The number of methoxy groups -OCH3 is 1. The summed E-state index contributed by atoms with van der Waals surface area (Å²) in [6.07, 6.45) is 0. The van der Waals surface area contributed by atoms with Crippen molar-refractivity contribution in [2.45, 2.75) is 5.92 Å². The Bertz CT molecular complexity index is 316. The predicted molar refractivity (Wildman–Crippen MR) is 67.5 cm³/mol. The van der Waals surface area contributed by atoms with Crippen LogP contribution in [0.5, 0.6) is 5.75 Å². The third-order valence-corrected chi connectivity index (χ3v) is 2.51. The van der Waals surface area contributed by atoms with Crippen LogP contribution in [0.3, 0.4) is 0 Å². The molecule has 3 N–H and O–H groups in total. The molecule has 0 radical (unpaired) electrons. The van der Waals surface area contributed by atoms with Gasteiger partial charge in [0, 0.05) is 19.0 Å². The second-order valence-corrected chi connectivity index (χ2v) is 3.36. The lowest BCUT2D eigenvalue weighted by molar-refractivity contribution is 0.415. The number of nitrogens with two attached hydrogens (primary N) is 1. The second-order valence-electron chi connectivity index (χ2n) is 3.36. The molecule has 0 spiro atoms. The molecule has 0 aliphatic carbocycles. The van der Waals surface area contributed by atoms with Crippen LogP contribution in [0.1, 0.15) is 11.5 Å². The lowest BCUT2D eigenvalue weighted by atomic mass is 9.93. The van der Waals surface area contributed by atoms with Gasteiger partial charge in [0.05, 0.1) is 12.8 Å². The van der Waals surface area contributed by atoms with E-state index in [2.05, 4.69) is 11.4 Å². The molecule has 1 saturated heterocycles. The fraction of sp³-hybridized carbons (Fsp3) is 0.400. The first-order valence-corrected chi connectivity index (χ1v) is 4.45. The average molecular weight is 251 g/mol. The Kier molecular flexibility index (Phi) is 5.80. The smallest absolute Gasteiger partial charge is 0.141 e. The van der Waals surface area contributed by atoms with Crippen molar-refractivity contribution in [3.63, 3.8) is 0 Å². The van der Waals surface area contributed by atoms with E-state index in [1.54, 1.807) is 7.11 Å². The van der Waals surface area contributed by atoms with E-state index < -0.39 is 0 Å². The lowest BCUT2D eigenvalue weighted by Gasteiger charge is -2.27. The largest absolute Gasteiger partial charge is 0.495 e. The molecule has 0 amide bonds. The van der Waals surface area contributed by atoms with Gasteiger partial charge in [-0.05, 0) is 17.7 Å². The van der Waals surface area contributed by atoms with Crippen LogP contribution in [-0.4, -0.2) is 20.2 Å². The van der Waals surface area contributed by atoms with E-state index in [-0.39, 0.29) is 24.8 Å². The Labute approximate surface area is 102 Å². The topological polar surface area (TPSA) is 47.3 Å². The Morgan fingerprint density at radius 2 is 2.00 bits per heavy atom. The van der Waals surface area contributed by atoms with Gasteiger partial charge in [-0.25, -0.2) is 0 Å². The molecular weight excluding hydrogens is 235 g/mol. The van der Waals surface area contributed by atoms with Crippen molar-refractivity contribution in [3.05, 3.63) is 23.8 Å². The predicted octanol–water partition coefficient (Wildman–Crippen LogP) is 1.81. The quantitative estimate of drug-likeness (QED) is 0.788. The van der Waals surface area contributed by atoms with Gasteiger partial charge < -0.3 is 15.8 Å². The number of nitrogens with one attached hydrogen (secondary N) is 1. The van der Waals surface area contributed by atoms with Crippen molar-refractivity contribution in [1.29, 1.82) is 0 Å². The first-order valence-electron chi connectivity index (χ1n) is 4.45. The minimum Gasteiger partial charge on any atom is -0.495 e. The highest BCUT2D eigenvalue weighted by atomic mass is 35.5. The van der Waals surface area contributed by atoms with Gasteiger partial charge >= 0.3 is 0 Å². The SMILES string of the molecule is COc1ccc(C2CNC2)cc1N.Cl.Cl. The van der Waals surface area contributed by atoms with Gasteiger partial charge in [0.15, 0.2) is 0 Å². The van der Waals surface area contributed by atoms with Crippen LogP contribution in [-0.2, 0) is 0 Å². The Morgan fingerprint density at radius 1 is 1.33 bits per heavy atom. The normalized spacial score (nSPS) is 14.5. The maximum Gasteiger partial charge on any atom is 0.141 e. The highest BCUT2D eigenvalue weighted by Gasteiger charge is 2.19. The first-order chi connectivity index (χ1) is 6.31. The van der Waals surface area contributed by atoms with Crippen LogP contribution in [0.25, 0.3) is 0 Å². The summed E-state index contributed by atoms with van der Waals surface area (Å²) in [5, 5.41) is 3.24. The van der Waals surface area contributed by atoms with Gasteiger partial charge in [0.2, 0.25) is 0 Å². The molecule has 1 heterocycles. The van der Waals surface area contributed by atoms with Crippen LogP contribution < -0.4 is 15.8 Å². The van der Waals surface area contributed by atoms with E-state index in [1.165, 1.54) is 5.56 Å². The number of anilines is 1. The number of rotatable bonds is 2. The van der Waals surface area contributed by atoms with Gasteiger partial charge in [0.25, 0.3) is 0 Å². The molecule has 5 heteroatoms. The van der Waals surface area contributed by atoms with Gasteiger partial charge in [0.1, 0.15) is 5.75 Å². The van der Waals surface area contributed by atoms with Crippen molar-refractivity contribution in [2.24, 2.45) is 0 Å². The maximum atomic E-state index is 5.80. The molecule has 86 valence electrons.